The highest BCUT2D eigenvalue weighted by Gasteiger charge is 2.31. The Bertz CT molecular complexity index is 455. The summed E-state index contributed by atoms with van der Waals surface area (Å²) < 4.78 is 20.5. The molecule has 94 valence electrons. The molecule has 0 saturated heterocycles. The van der Waals surface area contributed by atoms with Crippen LogP contribution in [0.2, 0.25) is 0 Å². The number of aliphatic hydroxyl groups is 1. The Hall–Kier alpha value is -0.610. The summed E-state index contributed by atoms with van der Waals surface area (Å²) >= 11 is 3.28. The Kier molecular flexibility index (Phi) is 3.21. The predicted octanol–water partition coefficient (Wildman–Crippen LogP) is 3.60. The van der Waals surface area contributed by atoms with E-state index in [1.807, 2.05) is 13.8 Å². The fourth-order valence-electron chi connectivity index (χ4n) is 2.13. The molecule has 1 N–H and O–H groups in total. The van der Waals surface area contributed by atoms with Gasteiger partial charge in [-0.2, -0.15) is 0 Å². The second-order valence-electron chi connectivity index (χ2n) is 5.37. The lowest BCUT2D eigenvalue weighted by Crippen LogP contribution is -2.30. The zero-order valence-electron chi connectivity index (χ0n) is 10.2. The molecular formula is C13H16BrFO2. The first-order valence-electron chi connectivity index (χ1n) is 5.63. The molecule has 2 nitrogen and oxygen atoms in total. The summed E-state index contributed by atoms with van der Waals surface area (Å²) in [6, 6.07) is 1.75. The molecule has 0 spiro atoms. The molecule has 0 amide bonds. The molecule has 17 heavy (non-hydrogen) atoms. The lowest BCUT2D eigenvalue weighted by atomic mass is 9.83. The number of aliphatic hydroxyl groups excluding tert-OH is 1. The Morgan fingerprint density at radius 3 is 2.76 bits per heavy atom. The molecule has 0 saturated carbocycles. The average Bonchev–Trinajstić information content (AvgIpc) is 2.18. The van der Waals surface area contributed by atoms with Gasteiger partial charge in [0.1, 0.15) is 11.6 Å². The van der Waals surface area contributed by atoms with Crippen LogP contribution in [0, 0.1) is 11.2 Å². The van der Waals surface area contributed by atoms with E-state index in [1.165, 1.54) is 0 Å². The molecular weight excluding hydrogens is 287 g/mol. The van der Waals surface area contributed by atoms with Crippen LogP contribution < -0.4 is 4.74 Å². The Morgan fingerprint density at radius 1 is 1.53 bits per heavy atom. The van der Waals surface area contributed by atoms with Gasteiger partial charge in [0, 0.05) is 21.0 Å². The Balaban J connectivity index is 2.57. The van der Waals surface area contributed by atoms with Crippen LogP contribution in [0.4, 0.5) is 4.39 Å². The summed E-state index contributed by atoms with van der Waals surface area (Å²) in [5.41, 5.74) is 0.808. The fraction of sp³-hybridized carbons (Fsp3) is 0.538. The molecule has 0 radical (unpaired) electrons. The lowest BCUT2D eigenvalue weighted by molar-refractivity contribution is 0.149. The molecule has 1 unspecified atom stereocenters. The van der Waals surface area contributed by atoms with Gasteiger partial charge in [-0.15, -0.1) is 0 Å². The second kappa shape index (κ2) is 4.25. The summed E-state index contributed by atoms with van der Waals surface area (Å²) in [7, 11) is 0. The van der Waals surface area contributed by atoms with Gasteiger partial charge in [-0.25, -0.2) is 4.39 Å². The maximum Gasteiger partial charge on any atom is 0.137 e. The van der Waals surface area contributed by atoms with E-state index in [2.05, 4.69) is 15.9 Å². The van der Waals surface area contributed by atoms with E-state index in [1.54, 1.807) is 13.0 Å². The Morgan fingerprint density at radius 2 is 2.18 bits per heavy atom. The number of hydrogen-bond acceptors (Lipinski definition) is 2. The van der Waals surface area contributed by atoms with Crippen molar-refractivity contribution in [3.05, 3.63) is 27.5 Å². The maximum atomic E-state index is 14.3. The smallest absolute Gasteiger partial charge is 0.137 e. The van der Waals surface area contributed by atoms with E-state index < -0.39 is 6.10 Å². The molecule has 1 aromatic carbocycles. The standard InChI is InChI=1S/C13H16BrFO2/c1-7(16)11-9(14)4-10-8(12(11)15)5-13(2,3)6-17-10/h4,7,16H,5-6H2,1-3H3. The first-order chi connectivity index (χ1) is 7.82. The molecule has 0 aliphatic carbocycles. The first-order valence-corrected chi connectivity index (χ1v) is 6.43. The van der Waals surface area contributed by atoms with Gasteiger partial charge in [-0.05, 0) is 19.4 Å². The molecule has 1 aromatic rings. The van der Waals surface area contributed by atoms with Crippen molar-refractivity contribution in [2.24, 2.45) is 5.41 Å². The van der Waals surface area contributed by atoms with E-state index >= 15 is 0 Å². The highest BCUT2D eigenvalue weighted by Crippen LogP contribution is 2.41. The molecule has 0 bridgehead atoms. The summed E-state index contributed by atoms with van der Waals surface area (Å²) in [6.45, 7) is 6.23. The molecule has 1 aliphatic heterocycles. The van der Waals surface area contributed by atoms with E-state index in [9.17, 15) is 9.50 Å². The fourth-order valence-corrected chi connectivity index (χ4v) is 2.85. The van der Waals surface area contributed by atoms with Crippen molar-refractivity contribution < 1.29 is 14.2 Å². The zero-order valence-corrected chi connectivity index (χ0v) is 11.8. The van der Waals surface area contributed by atoms with Gasteiger partial charge in [0.15, 0.2) is 0 Å². The Labute approximate surface area is 109 Å². The largest absolute Gasteiger partial charge is 0.493 e. The minimum atomic E-state index is -0.834. The minimum absolute atomic E-state index is 0.0718. The number of benzene rings is 1. The van der Waals surface area contributed by atoms with Gasteiger partial charge in [-0.3, -0.25) is 0 Å². The van der Waals surface area contributed by atoms with Gasteiger partial charge < -0.3 is 9.84 Å². The zero-order chi connectivity index (χ0) is 12.8. The summed E-state index contributed by atoms with van der Waals surface area (Å²) in [5, 5.41) is 9.61. The summed E-state index contributed by atoms with van der Waals surface area (Å²) in [5.74, 6) is 0.232. The van der Waals surface area contributed by atoms with E-state index in [0.717, 1.165) is 0 Å². The SMILES string of the molecule is CC(O)c1c(Br)cc2c(c1F)CC(C)(C)CO2. The molecule has 0 aromatic heterocycles. The quantitative estimate of drug-likeness (QED) is 0.859. The minimum Gasteiger partial charge on any atom is -0.493 e. The van der Waals surface area contributed by atoms with Crippen LogP contribution in [0.5, 0.6) is 5.75 Å². The van der Waals surface area contributed by atoms with E-state index in [4.69, 9.17) is 4.74 Å². The number of hydrogen-bond donors (Lipinski definition) is 1. The van der Waals surface area contributed by atoms with Gasteiger partial charge >= 0.3 is 0 Å². The molecule has 2 rings (SSSR count). The average molecular weight is 303 g/mol. The predicted molar refractivity (Wildman–Crippen MR) is 67.7 cm³/mol. The van der Waals surface area contributed by atoms with Crippen LogP contribution in [-0.2, 0) is 6.42 Å². The van der Waals surface area contributed by atoms with Gasteiger partial charge in [0.25, 0.3) is 0 Å². The van der Waals surface area contributed by atoms with Crippen molar-refractivity contribution in [2.75, 3.05) is 6.61 Å². The highest BCUT2D eigenvalue weighted by atomic mass is 79.9. The lowest BCUT2D eigenvalue weighted by Gasteiger charge is -2.32. The normalized spacial score (nSPS) is 19.4. The van der Waals surface area contributed by atoms with Crippen molar-refractivity contribution in [3.8, 4) is 5.75 Å². The second-order valence-corrected chi connectivity index (χ2v) is 6.22. The number of halogens is 2. The van der Waals surface area contributed by atoms with Crippen LogP contribution in [0.15, 0.2) is 10.5 Å². The van der Waals surface area contributed by atoms with Gasteiger partial charge in [-0.1, -0.05) is 29.8 Å². The monoisotopic (exact) mass is 302 g/mol. The molecule has 4 heteroatoms. The summed E-state index contributed by atoms with van der Waals surface area (Å²) in [4.78, 5) is 0. The van der Waals surface area contributed by atoms with Crippen LogP contribution >= 0.6 is 15.9 Å². The van der Waals surface area contributed by atoms with Crippen molar-refractivity contribution in [1.82, 2.24) is 0 Å². The number of fused-ring (bicyclic) bond motifs is 1. The van der Waals surface area contributed by atoms with Gasteiger partial charge in [0.2, 0.25) is 0 Å². The third-order valence-corrected chi connectivity index (χ3v) is 3.66. The maximum absolute atomic E-state index is 14.3. The van der Waals surface area contributed by atoms with Crippen LogP contribution in [0.25, 0.3) is 0 Å². The highest BCUT2D eigenvalue weighted by molar-refractivity contribution is 9.10. The third kappa shape index (κ3) is 2.33. The molecule has 1 heterocycles. The third-order valence-electron chi connectivity index (χ3n) is 3.01. The number of ether oxygens (including phenoxy) is 1. The molecule has 1 atom stereocenters. The van der Waals surface area contributed by atoms with E-state index in [-0.39, 0.29) is 11.2 Å². The number of rotatable bonds is 1. The van der Waals surface area contributed by atoms with Crippen molar-refractivity contribution >= 4 is 15.9 Å². The van der Waals surface area contributed by atoms with E-state index in [0.29, 0.717) is 34.4 Å². The van der Waals surface area contributed by atoms with Crippen LogP contribution in [0.1, 0.15) is 38.0 Å². The van der Waals surface area contributed by atoms with Gasteiger partial charge in [0.05, 0.1) is 12.7 Å². The van der Waals surface area contributed by atoms with Crippen LogP contribution in [0.3, 0.4) is 0 Å². The van der Waals surface area contributed by atoms with Crippen LogP contribution in [-0.4, -0.2) is 11.7 Å². The van der Waals surface area contributed by atoms with Crippen molar-refractivity contribution in [1.29, 1.82) is 0 Å². The topological polar surface area (TPSA) is 29.5 Å². The van der Waals surface area contributed by atoms with Crippen molar-refractivity contribution in [2.45, 2.75) is 33.3 Å². The molecule has 0 fully saturated rings. The first kappa shape index (κ1) is 12.8. The van der Waals surface area contributed by atoms with Crippen molar-refractivity contribution in [3.63, 3.8) is 0 Å². The molecule has 1 aliphatic rings. The summed E-state index contributed by atoms with van der Waals surface area (Å²) in [6.07, 6.45) is -0.207.